The second kappa shape index (κ2) is 6.68. The van der Waals surface area contributed by atoms with E-state index in [4.69, 9.17) is 5.11 Å². The van der Waals surface area contributed by atoms with Crippen molar-refractivity contribution >= 4 is 11.8 Å². The summed E-state index contributed by atoms with van der Waals surface area (Å²) in [6, 6.07) is 0.763. The summed E-state index contributed by atoms with van der Waals surface area (Å²) in [4.78, 5) is 0. The number of rotatable bonds is 5. The summed E-state index contributed by atoms with van der Waals surface area (Å²) >= 11 is 1.90. The first kappa shape index (κ1) is 11.3. The van der Waals surface area contributed by atoms with Gasteiger partial charge in [-0.2, -0.15) is 11.8 Å². The monoisotopic (exact) mass is 203 g/mol. The number of hydrogen-bond acceptors (Lipinski definition) is 3. The highest BCUT2D eigenvalue weighted by atomic mass is 32.2. The molecule has 1 fully saturated rings. The first-order valence-electron chi connectivity index (χ1n) is 5.22. The summed E-state index contributed by atoms with van der Waals surface area (Å²) in [5, 5.41) is 12.0. The Morgan fingerprint density at radius 2 is 2.00 bits per heavy atom. The number of aliphatic hydroxyl groups is 1. The summed E-state index contributed by atoms with van der Waals surface area (Å²) in [5.74, 6) is 3.06. The maximum Gasteiger partial charge on any atom is 0.0521 e. The summed E-state index contributed by atoms with van der Waals surface area (Å²) in [5.41, 5.74) is 0. The van der Waals surface area contributed by atoms with Gasteiger partial charge in [-0.1, -0.05) is 0 Å². The lowest BCUT2D eigenvalue weighted by molar-refractivity contribution is 0.318. The van der Waals surface area contributed by atoms with Gasteiger partial charge in [-0.15, -0.1) is 0 Å². The highest BCUT2D eigenvalue weighted by molar-refractivity contribution is 7.99. The molecule has 0 aromatic rings. The van der Waals surface area contributed by atoms with Crippen LogP contribution in [0.2, 0.25) is 0 Å². The second-order valence-corrected chi connectivity index (χ2v) is 4.95. The third-order valence-electron chi connectivity index (χ3n) is 2.84. The Kier molecular flexibility index (Phi) is 5.83. The minimum atomic E-state index is 0.330. The van der Waals surface area contributed by atoms with Crippen LogP contribution in [0.15, 0.2) is 0 Å². The van der Waals surface area contributed by atoms with Crippen LogP contribution in [0.3, 0.4) is 0 Å². The van der Waals surface area contributed by atoms with Crippen LogP contribution in [0.1, 0.15) is 25.7 Å². The van der Waals surface area contributed by atoms with Crippen molar-refractivity contribution in [3.63, 3.8) is 0 Å². The van der Waals surface area contributed by atoms with Crippen molar-refractivity contribution in [1.29, 1.82) is 0 Å². The molecule has 0 atom stereocenters. The van der Waals surface area contributed by atoms with E-state index in [2.05, 4.69) is 12.4 Å². The lowest BCUT2D eigenvalue weighted by Gasteiger charge is -2.27. The van der Waals surface area contributed by atoms with E-state index in [1.807, 2.05) is 11.8 Å². The van der Waals surface area contributed by atoms with Crippen LogP contribution >= 0.6 is 11.8 Å². The minimum absolute atomic E-state index is 0.330. The summed E-state index contributed by atoms with van der Waals surface area (Å²) in [6.45, 7) is 0.330. The van der Waals surface area contributed by atoms with Gasteiger partial charge in [0.1, 0.15) is 0 Å². The van der Waals surface area contributed by atoms with E-state index in [-0.39, 0.29) is 0 Å². The van der Waals surface area contributed by atoms with Gasteiger partial charge in [-0.05, 0) is 44.4 Å². The Morgan fingerprint density at radius 3 is 2.54 bits per heavy atom. The van der Waals surface area contributed by atoms with Crippen LogP contribution < -0.4 is 5.32 Å². The molecule has 0 saturated heterocycles. The number of nitrogens with one attached hydrogen (secondary N) is 1. The van der Waals surface area contributed by atoms with Gasteiger partial charge in [0.15, 0.2) is 0 Å². The minimum Gasteiger partial charge on any atom is -0.396 e. The average Bonchev–Trinajstić information content (AvgIpc) is 2.19. The maximum atomic E-state index is 8.65. The molecule has 0 aromatic heterocycles. The van der Waals surface area contributed by atoms with Crippen LogP contribution in [-0.2, 0) is 0 Å². The molecular weight excluding hydrogens is 182 g/mol. The molecule has 0 bridgehead atoms. The first-order chi connectivity index (χ1) is 6.36. The van der Waals surface area contributed by atoms with Gasteiger partial charge in [-0.25, -0.2) is 0 Å². The van der Waals surface area contributed by atoms with Crippen molar-refractivity contribution in [2.45, 2.75) is 31.7 Å². The molecule has 3 heteroatoms. The van der Waals surface area contributed by atoms with Crippen LogP contribution in [0.5, 0.6) is 0 Å². The predicted molar refractivity (Wildman–Crippen MR) is 59.2 cm³/mol. The lowest BCUT2D eigenvalue weighted by atomic mass is 9.87. The zero-order valence-corrected chi connectivity index (χ0v) is 9.28. The third kappa shape index (κ3) is 4.34. The van der Waals surface area contributed by atoms with E-state index >= 15 is 0 Å². The maximum absolute atomic E-state index is 8.65. The van der Waals surface area contributed by atoms with Crippen molar-refractivity contribution in [2.75, 3.05) is 25.2 Å². The van der Waals surface area contributed by atoms with Crippen molar-refractivity contribution in [3.05, 3.63) is 0 Å². The molecule has 0 unspecified atom stereocenters. The summed E-state index contributed by atoms with van der Waals surface area (Å²) < 4.78 is 0. The van der Waals surface area contributed by atoms with E-state index in [0.29, 0.717) is 6.61 Å². The van der Waals surface area contributed by atoms with Crippen LogP contribution in [0, 0.1) is 5.92 Å². The zero-order valence-electron chi connectivity index (χ0n) is 8.46. The number of hydrogen-bond donors (Lipinski definition) is 2. The van der Waals surface area contributed by atoms with Gasteiger partial charge in [-0.3, -0.25) is 0 Å². The normalized spacial score (nSPS) is 29.1. The van der Waals surface area contributed by atoms with E-state index in [1.54, 1.807) is 0 Å². The van der Waals surface area contributed by atoms with Gasteiger partial charge in [0.2, 0.25) is 0 Å². The molecule has 0 aromatic carbocycles. The smallest absolute Gasteiger partial charge is 0.0521 e. The van der Waals surface area contributed by atoms with Crippen LogP contribution in [0.4, 0.5) is 0 Å². The Balaban J connectivity index is 2.03. The van der Waals surface area contributed by atoms with Crippen molar-refractivity contribution < 1.29 is 5.11 Å². The Bertz CT molecular complexity index is 121. The number of thioether (sulfide) groups is 1. The molecular formula is C10H21NOS. The van der Waals surface area contributed by atoms with Gasteiger partial charge < -0.3 is 10.4 Å². The number of aliphatic hydroxyl groups excluding tert-OH is 1. The molecule has 2 nitrogen and oxygen atoms in total. The van der Waals surface area contributed by atoms with E-state index in [0.717, 1.165) is 17.7 Å². The Hall–Kier alpha value is 0.270. The van der Waals surface area contributed by atoms with Crippen molar-refractivity contribution in [3.8, 4) is 0 Å². The summed E-state index contributed by atoms with van der Waals surface area (Å²) in [7, 11) is 2.06. The first-order valence-corrected chi connectivity index (χ1v) is 6.38. The third-order valence-corrected chi connectivity index (χ3v) is 4.02. The van der Waals surface area contributed by atoms with Gasteiger partial charge >= 0.3 is 0 Å². The lowest BCUT2D eigenvalue weighted by Crippen LogP contribution is -2.30. The van der Waals surface area contributed by atoms with Crippen molar-refractivity contribution in [2.24, 2.45) is 5.92 Å². The Morgan fingerprint density at radius 1 is 1.31 bits per heavy atom. The largest absolute Gasteiger partial charge is 0.396 e. The molecule has 1 rings (SSSR count). The highest BCUT2D eigenvalue weighted by Gasteiger charge is 2.19. The quantitative estimate of drug-likeness (QED) is 0.664. The fourth-order valence-electron chi connectivity index (χ4n) is 1.93. The predicted octanol–water partition coefficient (Wildman–Crippen LogP) is 1.49. The topological polar surface area (TPSA) is 32.3 Å². The molecule has 0 amide bonds. The van der Waals surface area contributed by atoms with Crippen LogP contribution in [0.25, 0.3) is 0 Å². The molecule has 1 aliphatic carbocycles. The van der Waals surface area contributed by atoms with Crippen LogP contribution in [-0.4, -0.2) is 36.3 Å². The fraction of sp³-hybridized carbons (Fsp3) is 1.00. The molecule has 1 saturated carbocycles. The fourth-order valence-corrected chi connectivity index (χ4v) is 2.89. The van der Waals surface area contributed by atoms with E-state index < -0.39 is 0 Å². The molecule has 0 radical (unpaired) electrons. The van der Waals surface area contributed by atoms with Gasteiger partial charge in [0, 0.05) is 11.8 Å². The molecule has 0 heterocycles. The highest BCUT2D eigenvalue weighted by Crippen LogP contribution is 2.26. The SMILES string of the molecule is CNC1CCC(CSCCO)CC1. The molecule has 0 spiro atoms. The molecule has 78 valence electrons. The van der Waals surface area contributed by atoms with E-state index in [1.165, 1.54) is 31.4 Å². The standard InChI is InChI=1S/C10H21NOS/c1-11-10-4-2-9(3-5-10)8-13-7-6-12/h9-12H,2-8H2,1H3. The Labute approximate surface area is 85.5 Å². The molecule has 2 N–H and O–H groups in total. The molecule has 13 heavy (non-hydrogen) atoms. The molecule has 0 aliphatic heterocycles. The van der Waals surface area contributed by atoms with E-state index in [9.17, 15) is 0 Å². The van der Waals surface area contributed by atoms with Gasteiger partial charge in [0.25, 0.3) is 0 Å². The van der Waals surface area contributed by atoms with Gasteiger partial charge in [0.05, 0.1) is 6.61 Å². The molecule has 1 aliphatic rings. The second-order valence-electron chi connectivity index (χ2n) is 3.80. The zero-order chi connectivity index (χ0) is 9.52. The average molecular weight is 203 g/mol. The van der Waals surface area contributed by atoms with Crippen molar-refractivity contribution in [1.82, 2.24) is 5.32 Å². The summed E-state index contributed by atoms with van der Waals surface area (Å²) in [6.07, 6.45) is 5.40.